The summed E-state index contributed by atoms with van der Waals surface area (Å²) in [5, 5.41) is 5.78. The Morgan fingerprint density at radius 3 is 2.32 bits per heavy atom. The van der Waals surface area contributed by atoms with Crippen molar-refractivity contribution in [1.29, 1.82) is 0 Å². The van der Waals surface area contributed by atoms with Crippen molar-refractivity contribution in [2.45, 2.75) is 0 Å². The van der Waals surface area contributed by atoms with Crippen LogP contribution in [0.15, 0.2) is 48.5 Å². The SMILES string of the molecule is O=C(COC(=O)CNC(=O)c1ccc(Cl)cc1)Nc1ccccc1Cl. The molecular weight excluding hydrogens is 367 g/mol. The first kappa shape index (κ1) is 18.8. The Morgan fingerprint density at radius 1 is 0.960 bits per heavy atom. The van der Waals surface area contributed by atoms with Crippen molar-refractivity contribution in [2.24, 2.45) is 0 Å². The van der Waals surface area contributed by atoms with E-state index in [1.54, 1.807) is 36.4 Å². The minimum absolute atomic E-state index is 0.355. The molecule has 2 N–H and O–H groups in total. The summed E-state index contributed by atoms with van der Waals surface area (Å²) < 4.78 is 4.79. The molecule has 2 rings (SSSR count). The van der Waals surface area contributed by atoms with Crippen LogP contribution >= 0.6 is 23.2 Å². The first-order valence-corrected chi connectivity index (χ1v) is 7.95. The number of benzene rings is 2. The van der Waals surface area contributed by atoms with Crippen LogP contribution in [-0.2, 0) is 14.3 Å². The third kappa shape index (κ3) is 6.10. The molecular formula is C17H14Cl2N2O4. The van der Waals surface area contributed by atoms with Crippen molar-refractivity contribution < 1.29 is 19.1 Å². The number of carbonyl (C=O) groups is 3. The molecule has 25 heavy (non-hydrogen) atoms. The fraction of sp³-hybridized carbons (Fsp3) is 0.118. The molecule has 0 unspecified atom stereocenters. The highest BCUT2D eigenvalue weighted by molar-refractivity contribution is 6.33. The maximum absolute atomic E-state index is 11.8. The molecule has 2 amide bonds. The van der Waals surface area contributed by atoms with Gasteiger partial charge in [-0.25, -0.2) is 0 Å². The van der Waals surface area contributed by atoms with Crippen LogP contribution in [0.2, 0.25) is 10.0 Å². The average molecular weight is 381 g/mol. The predicted octanol–water partition coefficient (Wildman–Crippen LogP) is 2.91. The molecule has 0 heterocycles. The van der Waals surface area contributed by atoms with Crippen molar-refractivity contribution in [3.8, 4) is 0 Å². The highest BCUT2D eigenvalue weighted by atomic mass is 35.5. The van der Waals surface area contributed by atoms with E-state index < -0.39 is 24.4 Å². The number of esters is 1. The van der Waals surface area contributed by atoms with Crippen LogP contribution in [0, 0.1) is 0 Å². The lowest BCUT2D eigenvalue weighted by molar-refractivity contribution is -0.146. The van der Waals surface area contributed by atoms with E-state index in [1.807, 2.05) is 0 Å². The summed E-state index contributed by atoms with van der Waals surface area (Å²) in [6.45, 7) is -0.846. The molecule has 2 aromatic rings. The van der Waals surface area contributed by atoms with Crippen molar-refractivity contribution in [1.82, 2.24) is 5.32 Å². The van der Waals surface area contributed by atoms with E-state index in [0.717, 1.165) is 0 Å². The molecule has 0 bridgehead atoms. The minimum atomic E-state index is -0.739. The van der Waals surface area contributed by atoms with E-state index in [-0.39, 0.29) is 6.54 Å². The van der Waals surface area contributed by atoms with Gasteiger partial charge in [-0.3, -0.25) is 14.4 Å². The standard InChI is InChI=1S/C17H14Cl2N2O4/c18-12-7-5-11(6-8-12)17(24)20-9-16(23)25-10-15(22)21-14-4-2-1-3-13(14)19/h1-8H,9-10H2,(H,20,24)(H,21,22). The second-order valence-corrected chi connectivity index (χ2v) is 5.72. The van der Waals surface area contributed by atoms with E-state index in [1.165, 1.54) is 12.1 Å². The number of carbonyl (C=O) groups excluding carboxylic acids is 3. The zero-order chi connectivity index (χ0) is 18.2. The van der Waals surface area contributed by atoms with Gasteiger partial charge in [0.2, 0.25) is 0 Å². The molecule has 0 saturated carbocycles. The summed E-state index contributed by atoms with van der Waals surface area (Å²) in [6.07, 6.45) is 0. The summed E-state index contributed by atoms with van der Waals surface area (Å²) in [7, 11) is 0. The van der Waals surface area contributed by atoms with Gasteiger partial charge in [0, 0.05) is 10.6 Å². The van der Waals surface area contributed by atoms with E-state index in [9.17, 15) is 14.4 Å². The molecule has 0 saturated heterocycles. The van der Waals surface area contributed by atoms with E-state index in [0.29, 0.717) is 21.3 Å². The third-order valence-corrected chi connectivity index (χ3v) is 3.59. The lowest BCUT2D eigenvalue weighted by Crippen LogP contribution is -2.32. The summed E-state index contributed by atoms with van der Waals surface area (Å²) in [5.41, 5.74) is 0.773. The molecule has 0 atom stereocenters. The van der Waals surface area contributed by atoms with Gasteiger partial charge < -0.3 is 15.4 Å². The van der Waals surface area contributed by atoms with Crippen LogP contribution in [0.4, 0.5) is 5.69 Å². The zero-order valence-corrected chi connectivity index (χ0v) is 14.4. The van der Waals surface area contributed by atoms with Gasteiger partial charge in [-0.2, -0.15) is 0 Å². The molecule has 0 radical (unpaired) electrons. The Bertz CT molecular complexity index is 778. The smallest absolute Gasteiger partial charge is 0.325 e. The fourth-order valence-electron chi connectivity index (χ4n) is 1.80. The van der Waals surface area contributed by atoms with Crippen molar-refractivity contribution in [3.63, 3.8) is 0 Å². The average Bonchev–Trinajstić information content (AvgIpc) is 2.60. The third-order valence-electron chi connectivity index (χ3n) is 3.01. The second-order valence-electron chi connectivity index (χ2n) is 4.88. The minimum Gasteiger partial charge on any atom is -0.454 e. The van der Waals surface area contributed by atoms with Gasteiger partial charge in [0.1, 0.15) is 6.54 Å². The quantitative estimate of drug-likeness (QED) is 0.754. The van der Waals surface area contributed by atoms with E-state index >= 15 is 0 Å². The number of hydrogen-bond acceptors (Lipinski definition) is 4. The number of anilines is 1. The summed E-state index contributed by atoms with van der Waals surface area (Å²) >= 11 is 11.6. The van der Waals surface area contributed by atoms with Crippen LogP contribution in [-0.4, -0.2) is 30.9 Å². The molecule has 2 aromatic carbocycles. The summed E-state index contributed by atoms with van der Waals surface area (Å²) in [6, 6.07) is 12.9. The molecule has 0 aliphatic carbocycles. The Balaban J connectivity index is 1.73. The van der Waals surface area contributed by atoms with Crippen molar-refractivity contribution >= 4 is 46.7 Å². The highest BCUT2D eigenvalue weighted by Gasteiger charge is 2.11. The molecule has 8 heteroatoms. The maximum Gasteiger partial charge on any atom is 0.325 e. The molecule has 0 aromatic heterocycles. The van der Waals surface area contributed by atoms with E-state index in [2.05, 4.69) is 10.6 Å². The van der Waals surface area contributed by atoms with Gasteiger partial charge in [0.05, 0.1) is 10.7 Å². The number of halogens is 2. The number of ether oxygens (including phenoxy) is 1. The topological polar surface area (TPSA) is 84.5 Å². The van der Waals surface area contributed by atoms with Gasteiger partial charge in [-0.1, -0.05) is 35.3 Å². The van der Waals surface area contributed by atoms with Gasteiger partial charge in [0.25, 0.3) is 11.8 Å². The lowest BCUT2D eigenvalue weighted by atomic mass is 10.2. The molecule has 0 fully saturated rings. The Hall–Kier alpha value is -2.57. The van der Waals surface area contributed by atoms with Crippen LogP contribution in [0.25, 0.3) is 0 Å². The monoisotopic (exact) mass is 380 g/mol. The summed E-state index contributed by atoms with van der Waals surface area (Å²) in [4.78, 5) is 35.1. The van der Waals surface area contributed by atoms with Crippen LogP contribution in [0.5, 0.6) is 0 Å². The highest BCUT2D eigenvalue weighted by Crippen LogP contribution is 2.20. The molecule has 6 nitrogen and oxygen atoms in total. The summed E-state index contributed by atoms with van der Waals surface area (Å²) in [5.74, 6) is -1.73. The molecule has 0 aliphatic heterocycles. The second kappa shape index (κ2) is 9.05. The predicted molar refractivity (Wildman–Crippen MR) is 94.8 cm³/mol. The van der Waals surface area contributed by atoms with Crippen LogP contribution < -0.4 is 10.6 Å². The number of amides is 2. The fourth-order valence-corrected chi connectivity index (χ4v) is 2.11. The van der Waals surface area contributed by atoms with Crippen LogP contribution in [0.3, 0.4) is 0 Å². The van der Waals surface area contributed by atoms with Gasteiger partial charge >= 0.3 is 5.97 Å². The van der Waals surface area contributed by atoms with Gasteiger partial charge in [-0.15, -0.1) is 0 Å². The van der Waals surface area contributed by atoms with Crippen molar-refractivity contribution in [3.05, 3.63) is 64.1 Å². The first-order chi connectivity index (χ1) is 12.0. The molecule has 0 spiro atoms. The maximum atomic E-state index is 11.8. The number of rotatable bonds is 6. The van der Waals surface area contributed by atoms with Crippen LogP contribution in [0.1, 0.15) is 10.4 Å². The molecule has 0 aliphatic rings. The van der Waals surface area contributed by atoms with E-state index in [4.69, 9.17) is 27.9 Å². The zero-order valence-electron chi connectivity index (χ0n) is 12.9. The normalized spacial score (nSPS) is 10.0. The van der Waals surface area contributed by atoms with Gasteiger partial charge in [0.15, 0.2) is 6.61 Å². The Kier molecular flexibility index (Phi) is 6.80. The van der Waals surface area contributed by atoms with Gasteiger partial charge in [-0.05, 0) is 36.4 Å². The number of para-hydroxylation sites is 1. The Labute approximate surface area is 154 Å². The first-order valence-electron chi connectivity index (χ1n) is 7.19. The number of nitrogens with one attached hydrogen (secondary N) is 2. The largest absolute Gasteiger partial charge is 0.454 e. The lowest BCUT2D eigenvalue weighted by Gasteiger charge is -2.08. The Morgan fingerprint density at radius 2 is 1.64 bits per heavy atom. The molecule has 130 valence electrons. The number of hydrogen-bond donors (Lipinski definition) is 2. The van der Waals surface area contributed by atoms with Crippen molar-refractivity contribution in [2.75, 3.05) is 18.5 Å².